The molecule has 0 aromatic heterocycles. The van der Waals surface area contributed by atoms with Gasteiger partial charge in [-0.15, -0.1) is 0 Å². The quantitative estimate of drug-likeness (QED) is 0.641. The molecule has 1 unspecified atom stereocenters. The first-order valence-corrected chi connectivity index (χ1v) is 6.67. The number of nitrogens with zero attached hydrogens (tertiary/aromatic N) is 1. The highest BCUT2D eigenvalue weighted by atomic mass is 32.2. The molecule has 0 radical (unpaired) electrons. The van der Waals surface area contributed by atoms with Crippen LogP contribution in [0.2, 0.25) is 0 Å². The van der Waals surface area contributed by atoms with Gasteiger partial charge in [0, 0.05) is 33.8 Å². The average molecular weight is 238 g/mol. The molecule has 0 amide bonds. The van der Waals surface area contributed by atoms with Crippen molar-refractivity contribution < 1.29 is 13.2 Å². The van der Waals surface area contributed by atoms with Gasteiger partial charge in [0.25, 0.3) is 0 Å². The van der Waals surface area contributed by atoms with Crippen molar-refractivity contribution in [3.8, 4) is 0 Å². The molecule has 1 N–H and O–H groups in total. The molecule has 0 aliphatic heterocycles. The summed E-state index contributed by atoms with van der Waals surface area (Å²) in [4.78, 5) is 0. The van der Waals surface area contributed by atoms with Crippen LogP contribution in [0.1, 0.15) is 13.3 Å². The van der Waals surface area contributed by atoms with E-state index in [0.717, 1.165) is 6.42 Å². The molecular weight excluding hydrogens is 216 g/mol. The van der Waals surface area contributed by atoms with Gasteiger partial charge in [0.15, 0.2) is 0 Å². The Balaban J connectivity index is 3.87. The molecule has 0 spiro atoms. The van der Waals surface area contributed by atoms with E-state index < -0.39 is 10.0 Å². The molecule has 0 aromatic carbocycles. The van der Waals surface area contributed by atoms with Gasteiger partial charge in [-0.2, -0.15) is 0 Å². The molecule has 0 fully saturated rings. The lowest BCUT2D eigenvalue weighted by Crippen LogP contribution is -2.38. The van der Waals surface area contributed by atoms with Crippen LogP contribution in [-0.4, -0.2) is 58.9 Å². The van der Waals surface area contributed by atoms with E-state index in [2.05, 4.69) is 5.32 Å². The molecule has 0 saturated carbocycles. The zero-order valence-corrected chi connectivity index (χ0v) is 10.8. The molecule has 0 aromatic rings. The zero-order chi connectivity index (χ0) is 11.9. The fourth-order valence-corrected chi connectivity index (χ4v) is 1.84. The maximum absolute atomic E-state index is 11.4. The van der Waals surface area contributed by atoms with Crippen LogP contribution in [0.4, 0.5) is 0 Å². The van der Waals surface area contributed by atoms with Gasteiger partial charge >= 0.3 is 0 Å². The van der Waals surface area contributed by atoms with Gasteiger partial charge in [0.05, 0.1) is 12.4 Å². The third-order valence-corrected chi connectivity index (χ3v) is 4.04. The lowest BCUT2D eigenvalue weighted by Gasteiger charge is -2.17. The molecule has 92 valence electrons. The van der Waals surface area contributed by atoms with Crippen LogP contribution >= 0.6 is 0 Å². The van der Waals surface area contributed by atoms with E-state index in [1.165, 1.54) is 4.31 Å². The molecule has 0 saturated heterocycles. The Bertz CT molecular complexity index is 252. The maximum Gasteiger partial charge on any atom is 0.214 e. The van der Waals surface area contributed by atoms with Crippen LogP contribution < -0.4 is 5.32 Å². The maximum atomic E-state index is 11.4. The first-order chi connectivity index (χ1) is 6.94. The van der Waals surface area contributed by atoms with E-state index in [1.54, 1.807) is 21.2 Å². The van der Waals surface area contributed by atoms with E-state index in [4.69, 9.17) is 4.74 Å². The van der Waals surface area contributed by atoms with Crippen molar-refractivity contribution in [1.82, 2.24) is 9.62 Å². The minimum atomic E-state index is -3.09. The van der Waals surface area contributed by atoms with Gasteiger partial charge in [-0.3, -0.25) is 0 Å². The van der Waals surface area contributed by atoms with E-state index in [0.29, 0.717) is 13.2 Å². The first-order valence-electron chi connectivity index (χ1n) is 5.06. The largest absolute Gasteiger partial charge is 0.383 e. The predicted molar refractivity (Wildman–Crippen MR) is 61.4 cm³/mol. The fourth-order valence-electron chi connectivity index (χ4n) is 1.10. The SMILES string of the molecule is CCC(COC)NCCS(=O)(=O)N(C)C. The molecular formula is C9H22N2O3S. The monoisotopic (exact) mass is 238 g/mol. The molecule has 0 heterocycles. The van der Waals surface area contributed by atoms with E-state index in [-0.39, 0.29) is 11.8 Å². The van der Waals surface area contributed by atoms with Gasteiger partial charge in [0.2, 0.25) is 10.0 Å². The zero-order valence-electron chi connectivity index (χ0n) is 9.99. The molecule has 15 heavy (non-hydrogen) atoms. The van der Waals surface area contributed by atoms with Crippen LogP contribution in [0, 0.1) is 0 Å². The molecule has 0 rings (SSSR count). The van der Waals surface area contributed by atoms with Crippen LogP contribution in [-0.2, 0) is 14.8 Å². The summed E-state index contributed by atoms with van der Waals surface area (Å²) >= 11 is 0. The summed E-state index contributed by atoms with van der Waals surface area (Å²) in [7, 11) is 1.64. The average Bonchev–Trinajstić information content (AvgIpc) is 2.16. The Labute approximate surface area is 92.8 Å². The van der Waals surface area contributed by atoms with Gasteiger partial charge in [-0.05, 0) is 6.42 Å². The van der Waals surface area contributed by atoms with Crippen molar-refractivity contribution in [2.24, 2.45) is 0 Å². The highest BCUT2D eigenvalue weighted by molar-refractivity contribution is 7.89. The van der Waals surface area contributed by atoms with Crippen molar-refractivity contribution in [2.45, 2.75) is 19.4 Å². The van der Waals surface area contributed by atoms with Crippen molar-refractivity contribution >= 4 is 10.0 Å². The summed E-state index contributed by atoms with van der Waals surface area (Å²) in [6.07, 6.45) is 0.926. The first kappa shape index (κ1) is 14.8. The molecule has 5 nitrogen and oxygen atoms in total. The highest BCUT2D eigenvalue weighted by Crippen LogP contribution is 1.95. The number of hydrogen-bond donors (Lipinski definition) is 1. The predicted octanol–water partition coefficient (Wildman–Crippen LogP) is -0.108. The summed E-state index contributed by atoms with van der Waals surface area (Å²) in [5.74, 6) is 0.125. The van der Waals surface area contributed by atoms with Gasteiger partial charge in [0.1, 0.15) is 0 Å². The van der Waals surface area contributed by atoms with Crippen LogP contribution in [0.3, 0.4) is 0 Å². The topological polar surface area (TPSA) is 58.6 Å². The molecule has 0 bridgehead atoms. The summed E-state index contributed by atoms with van der Waals surface area (Å²) in [5, 5.41) is 3.15. The molecule has 1 atom stereocenters. The lowest BCUT2D eigenvalue weighted by molar-refractivity contribution is 0.165. The summed E-state index contributed by atoms with van der Waals surface area (Å²) < 4.78 is 29.1. The van der Waals surface area contributed by atoms with E-state index >= 15 is 0 Å². The van der Waals surface area contributed by atoms with Crippen LogP contribution in [0.25, 0.3) is 0 Å². The smallest absolute Gasteiger partial charge is 0.214 e. The second kappa shape index (κ2) is 7.16. The summed E-state index contributed by atoms with van der Waals surface area (Å²) in [5.41, 5.74) is 0. The minimum absolute atomic E-state index is 0.125. The molecule has 6 heteroatoms. The number of nitrogens with one attached hydrogen (secondary N) is 1. The van der Waals surface area contributed by atoms with Crippen molar-refractivity contribution in [1.29, 1.82) is 0 Å². The Morgan fingerprint density at radius 1 is 1.40 bits per heavy atom. The normalized spacial score (nSPS) is 14.5. The van der Waals surface area contributed by atoms with Crippen molar-refractivity contribution in [2.75, 3.05) is 40.1 Å². The van der Waals surface area contributed by atoms with E-state index in [9.17, 15) is 8.42 Å². The van der Waals surface area contributed by atoms with Gasteiger partial charge < -0.3 is 10.1 Å². The third-order valence-electron chi connectivity index (χ3n) is 2.21. The molecule has 0 aliphatic carbocycles. The van der Waals surface area contributed by atoms with E-state index in [1.807, 2.05) is 6.92 Å². The highest BCUT2D eigenvalue weighted by Gasteiger charge is 2.13. The number of hydrogen-bond acceptors (Lipinski definition) is 4. The van der Waals surface area contributed by atoms with Crippen LogP contribution in [0.5, 0.6) is 0 Å². The summed E-state index contributed by atoms with van der Waals surface area (Å²) in [6.45, 7) is 3.11. The van der Waals surface area contributed by atoms with Crippen LogP contribution in [0.15, 0.2) is 0 Å². The number of rotatable bonds is 8. The number of sulfonamides is 1. The lowest BCUT2D eigenvalue weighted by atomic mass is 10.2. The Morgan fingerprint density at radius 2 is 2.00 bits per heavy atom. The second-order valence-corrected chi connectivity index (χ2v) is 5.92. The number of ether oxygens (including phenoxy) is 1. The van der Waals surface area contributed by atoms with Crippen molar-refractivity contribution in [3.05, 3.63) is 0 Å². The third kappa shape index (κ3) is 6.09. The Hall–Kier alpha value is -0.170. The second-order valence-electron chi connectivity index (χ2n) is 3.61. The summed E-state index contributed by atoms with van der Waals surface area (Å²) in [6, 6.07) is 0.229. The van der Waals surface area contributed by atoms with Crippen molar-refractivity contribution in [3.63, 3.8) is 0 Å². The van der Waals surface area contributed by atoms with Gasteiger partial charge in [-0.25, -0.2) is 12.7 Å². The fraction of sp³-hybridized carbons (Fsp3) is 1.00. The Kier molecular flexibility index (Phi) is 7.08. The van der Waals surface area contributed by atoms with Gasteiger partial charge in [-0.1, -0.05) is 6.92 Å². The number of methoxy groups -OCH3 is 1. The Morgan fingerprint density at radius 3 is 2.40 bits per heavy atom. The molecule has 0 aliphatic rings. The standard InChI is InChI=1S/C9H22N2O3S/c1-5-9(8-14-4)10-6-7-15(12,13)11(2)3/h9-10H,5-8H2,1-4H3. The minimum Gasteiger partial charge on any atom is -0.383 e.